The van der Waals surface area contributed by atoms with Gasteiger partial charge in [-0.3, -0.25) is 9.80 Å². The number of ether oxygens (including phenoxy) is 2. The van der Waals surface area contributed by atoms with Gasteiger partial charge in [-0.2, -0.15) is 0 Å². The molecule has 0 radical (unpaired) electrons. The number of nitrogens with zero attached hydrogens (tertiary/aromatic N) is 2. The average molecular weight is 308 g/mol. The third kappa shape index (κ3) is 4.87. The van der Waals surface area contributed by atoms with Crippen LogP contribution in [0.3, 0.4) is 0 Å². The highest BCUT2D eigenvalue weighted by atomic mass is 16.5. The highest BCUT2D eigenvalue weighted by molar-refractivity contribution is 5.40. The first-order chi connectivity index (χ1) is 10.4. The van der Waals surface area contributed by atoms with E-state index >= 15 is 0 Å². The number of hydrogen-bond donors (Lipinski definition) is 1. The lowest BCUT2D eigenvalue weighted by Gasteiger charge is -2.37. The fourth-order valence-corrected chi connectivity index (χ4v) is 2.90. The summed E-state index contributed by atoms with van der Waals surface area (Å²) in [5.74, 6) is 1.76. The smallest absolute Gasteiger partial charge is 0.123 e. The van der Waals surface area contributed by atoms with E-state index in [1.807, 2.05) is 32.0 Å². The molecule has 1 fully saturated rings. The Balaban J connectivity index is 1.93. The molecule has 0 amide bonds. The third-order valence-electron chi connectivity index (χ3n) is 3.96. The molecule has 1 N–H and O–H groups in total. The molecule has 1 aliphatic rings. The molecule has 0 aliphatic carbocycles. The molecule has 1 heterocycles. The van der Waals surface area contributed by atoms with Gasteiger partial charge in [-0.15, -0.1) is 0 Å². The molecule has 0 atom stereocenters. The minimum absolute atomic E-state index is 0.627. The Morgan fingerprint density at radius 1 is 1.05 bits per heavy atom. The van der Waals surface area contributed by atoms with Crippen molar-refractivity contribution in [3.63, 3.8) is 0 Å². The minimum Gasteiger partial charge on any atom is -0.497 e. The van der Waals surface area contributed by atoms with Crippen LogP contribution in [0, 0.1) is 0 Å². The number of benzene rings is 1. The van der Waals surface area contributed by atoms with Gasteiger partial charge < -0.3 is 14.6 Å². The Hall–Kier alpha value is -1.30. The Morgan fingerprint density at radius 2 is 1.68 bits per heavy atom. The Kier molecular flexibility index (Phi) is 5.67. The molecule has 0 unspecified atom stereocenters. The van der Waals surface area contributed by atoms with Gasteiger partial charge in [0.2, 0.25) is 0 Å². The standard InChI is InChI=1S/C17H28N2O3/c1-17(2,20)13-19-9-7-18(8-10-19)12-14-11-15(21-3)5-6-16(14)22-4/h5-6,11,20H,7-10,12-13H2,1-4H3. The van der Waals surface area contributed by atoms with E-state index < -0.39 is 5.60 Å². The number of β-amino-alcohol motifs (C(OH)–C–C–N with tert-alkyl or cyclic N) is 1. The first-order valence-electron chi connectivity index (χ1n) is 7.79. The summed E-state index contributed by atoms with van der Waals surface area (Å²) in [7, 11) is 3.38. The van der Waals surface area contributed by atoms with Crippen LogP contribution in [0.1, 0.15) is 19.4 Å². The van der Waals surface area contributed by atoms with Crippen LogP contribution in [-0.2, 0) is 6.54 Å². The van der Waals surface area contributed by atoms with Gasteiger partial charge in [-0.1, -0.05) is 0 Å². The van der Waals surface area contributed by atoms with E-state index in [2.05, 4.69) is 9.80 Å². The maximum Gasteiger partial charge on any atom is 0.123 e. The van der Waals surface area contributed by atoms with Crippen molar-refractivity contribution in [3.8, 4) is 11.5 Å². The lowest BCUT2D eigenvalue weighted by atomic mass is 10.1. The van der Waals surface area contributed by atoms with E-state index in [-0.39, 0.29) is 0 Å². The van der Waals surface area contributed by atoms with Gasteiger partial charge in [0, 0.05) is 44.8 Å². The Labute approximate surface area is 133 Å². The van der Waals surface area contributed by atoms with Crippen LogP contribution in [-0.4, -0.2) is 67.5 Å². The summed E-state index contributed by atoms with van der Waals surface area (Å²) in [5.41, 5.74) is 0.524. The van der Waals surface area contributed by atoms with E-state index in [1.165, 1.54) is 0 Å². The molecule has 0 spiro atoms. The minimum atomic E-state index is -0.627. The van der Waals surface area contributed by atoms with Gasteiger partial charge in [-0.25, -0.2) is 0 Å². The zero-order valence-corrected chi connectivity index (χ0v) is 14.1. The van der Waals surface area contributed by atoms with E-state index in [0.717, 1.165) is 56.3 Å². The average Bonchev–Trinajstić information content (AvgIpc) is 2.47. The van der Waals surface area contributed by atoms with Gasteiger partial charge in [0.15, 0.2) is 0 Å². The topological polar surface area (TPSA) is 45.2 Å². The lowest BCUT2D eigenvalue weighted by Crippen LogP contribution is -2.50. The predicted molar refractivity (Wildman–Crippen MR) is 87.6 cm³/mol. The van der Waals surface area contributed by atoms with Gasteiger partial charge >= 0.3 is 0 Å². The number of aliphatic hydroxyl groups is 1. The molecular weight excluding hydrogens is 280 g/mol. The van der Waals surface area contributed by atoms with Crippen molar-refractivity contribution in [2.24, 2.45) is 0 Å². The van der Waals surface area contributed by atoms with Crippen LogP contribution in [0.15, 0.2) is 18.2 Å². The summed E-state index contributed by atoms with van der Waals surface area (Å²) in [5, 5.41) is 9.91. The fourth-order valence-electron chi connectivity index (χ4n) is 2.90. The summed E-state index contributed by atoms with van der Waals surface area (Å²) in [4.78, 5) is 4.73. The van der Waals surface area contributed by atoms with Crippen molar-refractivity contribution >= 4 is 0 Å². The van der Waals surface area contributed by atoms with Crippen molar-refractivity contribution in [1.82, 2.24) is 9.80 Å². The molecule has 0 aromatic heterocycles. The summed E-state index contributed by atoms with van der Waals surface area (Å²) < 4.78 is 10.8. The van der Waals surface area contributed by atoms with Crippen LogP contribution in [0.4, 0.5) is 0 Å². The third-order valence-corrected chi connectivity index (χ3v) is 3.96. The number of methoxy groups -OCH3 is 2. The van der Waals surface area contributed by atoms with Crippen LogP contribution >= 0.6 is 0 Å². The molecular formula is C17H28N2O3. The first kappa shape index (κ1) is 17.1. The number of rotatable bonds is 6. The first-order valence-corrected chi connectivity index (χ1v) is 7.79. The van der Waals surface area contributed by atoms with Crippen LogP contribution in [0.25, 0.3) is 0 Å². The molecule has 5 heteroatoms. The molecule has 0 saturated carbocycles. The largest absolute Gasteiger partial charge is 0.497 e. The highest BCUT2D eigenvalue weighted by Crippen LogP contribution is 2.25. The van der Waals surface area contributed by atoms with Crippen LogP contribution in [0.2, 0.25) is 0 Å². The fraction of sp³-hybridized carbons (Fsp3) is 0.647. The molecule has 5 nitrogen and oxygen atoms in total. The zero-order valence-electron chi connectivity index (χ0n) is 14.1. The summed E-state index contributed by atoms with van der Waals surface area (Å²) >= 11 is 0. The van der Waals surface area contributed by atoms with E-state index in [1.54, 1.807) is 14.2 Å². The number of piperazine rings is 1. The second-order valence-corrected chi connectivity index (χ2v) is 6.54. The maximum absolute atomic E-state index is 9.91. The summed E-state index contributed by atoms with van der Waals surface area (Å²) in [6.45, 7) is 9.26. The van der Waals surface area contributed by atoms with Gasteiger partial charge in [0.1, 0.15) is 11.5 Å². The second-order valence-electron chi connectivity index (χ2n) is 6.54. The van der Waals surface area contributed by atoms with Gasteiger partial charge in [-0.05, 0) is 32.0 Å². The quantitative estimate of drug-likeness (QED) is 0.865. The normalized spacial score (nSPS) is 17.5. The van der Waals surface area contributed by atoms with Crippen LogP contribution < -0.4 is 9.47 Å². The SMILES string of the molecule is COc1ccc(OC)c(CN2CCN(CC(C)(C)O)CC2)c1. The van der Waals surface area contributed by atoms with Gasteiger partial charge in [0.05, 0.1) is 19.8 Å². The molecule has 2 rings (SSSR count). The van der Waals surface area contributed by atoms with Crippen molar-refractivity contribution in [2.45, 2.75) is 26.0 Å². The Morgan fingerprint density at radius 3 is 2.23 bits per heavy atom. The lowest BCUT2D eigenvalue weighted by molar-refractivity contribution is 0.0166. The molecule has 22 heavy (non-hydrogen) atoms. The van der Waals surface area contributed by atoms with Crippen LogP contribution in [0.5, 0.6) is 11.5 Å². The van der Waals surface area contributed by atoms with Crippen molar-refractivity contribution < 1.29 is 14.6 Å². The predicted octanol–water partition coefficient (Wildman–Crippen LogP) is 1.59. The molecule has 1 aromatic rings. The number of hydrogen-bond acceptors (Lipinski definition) is 5. The summed E-state index contributed by atoms with van der Waals surface area (Å²) in [6.07, 6.45) is 0. The monoisotopic (exact) mass is 308 g/mol. The van der Waals surface area contributed by atoms with E-state index in [4.69, 9.17) is 9.47 Å². The highest BCUT2D eigenvalue weighted by Gasteiger charge is 2.23. The van der Waals surface area contributed by atoms with Gasteiger partial charge in [0.25, 0.3) is 0 Å². The van der Waals surface area contributed by atoms with E-state index in [9.17, 15) is 5.11 Å². The van der Waals surface area contributed by atoms with Crippen molar-refractivity contribution in [1.29, 1.82) is 0 Å². The Bertz CT molecular complexity index is 477. The van der Waals surface area contributed by atoms with Crippen molar-refractivity contribution in [3.05, 3.63) is 23.8 Å². The summed E-state index contributed by atoms with van der Waals surface area (Å²) in [6, 6.07) is 5.92. The molecule has 1 aliphatic heterocycles. The van der Waals surface area contributed by atoms with E-state index in [0.29, 0.717) is 0 Å². The molecule has 1 aromatic carbocycles. The zero-order chi connectivity index (χ0) is 16.2. The second kappa shape index (κ2) is 7.31. The maximum atomic E-state index is 9.91. The van der Waals surface area contributed by atoms with Crippen molar-refractivity contribution in [2.75, 3.05) is 46.9 Å². The molecule has 0 bridgehead atoms. The molecule has 1 saturated heterocycles. The molecule has 124 valence electrons.